The average Bonchev–Trinajstić information content (AvgIpc) is 2.69. The van der Waals surface area contributed by atoms with Gasteiger partial charge in [0.2, 0.25) is 5.91 Å². The fourth-order valence-corrected chi connectivity index (χ4v) is 3.86. The highest BCUT2D eigenvalue weighted by atomic mass is 32.3. The van der Waals surface area contributed by atoms with E-state index in [-0.39, 0.29) is 0 Å². The van der Waals surface area contributed by atoms with Crippen LogP contribution in [0.2, 0.25) is 0 Å². The maximum absolute atomic E-state index is 11.5. The molecular weight excluding hydrogens is 518 g/mol. The van der Waals surface area contributed by atoms with E-state index in [9.17, 15) is 47.2 Å². The molecule has 0 spiro atoms. The number of ether oxygens (including phenoxy) is 3. The topological polar surface area (TPSA) is 285 Å². The van der Waals surface area contributed by atoms with Crippen molar-refractivity contribution < 1.29 is 78.8 Å². The third kappa shape index (κ3) is 7.96. The van der Waals surface area contributed by atoms with Crippen LogP contribution >= 0.6 is 0 Å². The van der Waals surface area contributed by atoms with Gasteiger partial charge in [-0.25, -0.2) is 8.37 Å². The average molecular weight is 543 g/mol. The van der Waals surface area contributed by atoms with Gasteiger partial charge in [-0.15, -0.1) is 0 Å². The molecule has 0 aromatic rings. The normalized spacial score (nSPS) is 39.5. The zero-order valence-electron chi connectivity index (χ0n) is 17.2. The van der Waals surface area contributed by atoms with Crippen LogP contribution in [0.15, 0.2) is 0 Å². The Bertz CT molecular complexity index is 911. The van der Waals surface area contributed by atoms with E-state index in [4.69, 9.17) is 23.3 Å². The van der Waals surface area contributed by atoms with Crippen LogP contribution in [-0.4, -0.2) is 132 Å². The highest BCUT2D eigenvalue weighted by Crippen LogP contribution is 2.29. The van der Waals surface area contributed by atoms with E-state index in [1.54, 1.807) is 0 Å². The van der Waals surface area contributed by atoms with Gasteiger partial charge in [0.15, 0.2) is 12.6 Å². The van der Waals surface area contributed by atoms with Gasteiger partial charge >= 0.3 is 20.8 Å². The second-order valence-corrected chi connectivity index (χ2v) is 9.50. The molecule has 0 unspecified atom stereocenters. The number of hydrogen-bond acceptors (Lipinski definition) is 15. The summed E-state index contributed by atoms with van der Waals surface area (Å²) in [6.07, 6.45) is -16.9. The molecule has 0 aliphatic carbocycles. The molecule has 2 aliphatic rings. The second-order valence-electron chi connectivity index (χ2n) is 7.32. The van der Waals surface area contributed by atoms with Crippen molar-refractivity contribution in [3.63, 3.8) is 0 Å². The predicted octanol–water partition coefficient (Wildman–Crippen LogP) is -5.60. The Kier molecular flexibility index (Phi) is 9.68. The lowest BCUT2D eigenvalue weighted by Gasteiger charge is -2.46. The minimum Gasteiger partial charge on any atom is -0.388 e. The third-order valence-corrected chi connectivity index (χ3v) is 5.65. The number of carbonyl (C=O) groups is 1. The van der Waals surface area contributed by atoms with Crippen LogP contribution in [0.1, 0.15) is 6.92 Å². The van der Waals surface area contributed by atoms with Crippen molar-refractivity contribution in [2.45, 2.75) is 68.3 Å². The number of carbonyl (C=O) groups excluding carboxylic acids is 1. The fourth-order valence-electron chi connectivity index (χ4n) is 3.25. The second kappa shape index (κ2) is 11.3. The van der Waals surface area contributed by atoms with E-state index in [1.165, 1.54) is 0 Å². The van der Waals surface area contributed by atoms with Crippen molar-refractivity contribution in [1.82, 2.24) is 5.32 Å². The first-order valence-corrected chi connectivity index (χ1v) is 12.1. The summed E-state index contributed by atoms with van der Waals surface area (Å²) >= 11 is 0. The molecule has 10 atom stereocenters. The van der Waals surface area contributed by atoms with E-state index < -0.39 is 101 Å². The molecule has 0 aromatic heterocycles. The SMILES string of the molecule is CC(=O)N[C@H]1[C@H](O[C@@H]2[C@@H](O)[C@H](O)O[C@H](COS(=O)(=O)O)[C@@H]2O)O[C@H](COS(=O)(=O)O)[C@@H](O)[C@@H]1O. The summed E-state index contributed by atoms with van der Waals surface area (Å²) in [6.45, 7) is -1.04. The Morgan fingerprint density at radius 2 is 1.32 bits per heavy atom. The molecule has 8 N–H and O–H groups in total. The van der Waals surface area contributed by atoms with Gasteiger partial charge in [0.25, 0.3) is 0 Å². The van der Waals surface area contributed by atoms with Gasteiger partial charge in [-0.05, 0) is 0 Å². The Morgan fingerprint density at radius 1 is 0.824 bits per heavy atom. The van der Waals surface area contributed by atoms with Crippen LogP contribution < -0.4 is 5.32 Å². The zero-order valence-corrected chi connectivity index (χ0v) is 18.9. The van der Waals surface area contributed by atoms with Crippen molar-refractivity contribution in [3.05, 3.63) is 0 Å². The maximum Gasteiger partial charge on any atom is 0.397 e. The van der Waals surface area contributed by atoms with Gasteiger partial charge in [-0.3, -0.25) is 13.9 Å². The first kappa shape index (κ1) is 29.1. The highest BCUT2D eigenvalue weighted by Gasteiger charge is 2.51. The van der Waals surface area contributed by atoms with E-state index in [2.05, 4.69) is 13.7 Å². The summed E-state index contributed by atoms with van der Waals surface area (Å²) in [5.41, 5.74) is 0. The molecule has 1 amide bonds. The van der Waals surface area contributed by atoms with Crippen LogP contribution in [0, 0.1) is 0 Å². The monoisotopic (exact) mass is 543 g/mol. The molecule has 200 valence electrons. The first-order valence-electron chi connectivity index (χ1n) is 9.37. The Morgan fingerprint density at radius 3 is 1.79 bits per heavy atom. The summed E-state index contributed by atoms with van der Waals surface area (Å²) in [5, 5.41) is 53.3. The third-order valence-electron chi connectivity index (χ3n) is 4.79. The molecule has 18 nitrogen and oxygen atoms in total. The van der Waals surface area contributed by atoms with E-state index in [0.29, 0.717) is 0 Å². The standard InChI is InChI=1S/C14H25NO17S2/c1-4(16)15-7-10(19)8(17)5(2-28-33(22,23)24)31-14(7)32-12-9(18)6(3-29-34(25,26)27)30-13(21)11(12)20/h5-14,17-21H,2-3H2,1H3,(H,15,16)(H,22,23,24)(H,25,26,27)/t5-,6-,7-,8-,9+,10-,11-,12+,13-,14+/m1/s1. The van der Waals surface area contributed by atoms with Gasteiger partial charge in [0, 0.05) is 6.92 Å². The molecular formula is C14H25NO17S2. The smallest absolute Gasteiger partial charge is 0.388 e. The summed E-state index contributed by atoms with van der Waals surface area (Å²) in [7, 11) is -9.96. The molecule has 2 fully saturated rings. The van der Waals surface area contributed by atoms with E-state index >= 15 is 0 Å². The molecule has 2 rings (SSSR count). The molecule has 0 bridgehead atoms. The number of aliphatic hydroxyl groups is 5. The molecule has 34 heavy (non-hydrogen) atoms. The summed E-state index contributed by atoms with van der Waals surface area (Å²) < 4.78 is 84.3. The molecule has 0 saturated carbocycles. The minimum atomic E-state index is -4.99. The van der Waals surface area contributed by atoms with Crippen LogP contribution in [0.25, 0.3) is 0 Å². The van der Waals surface area contributed by atoms with Crippen LogP contribution in [-0.2, 0) is 48.2 Å². The van der Waals surface area contributed by atoms with Crippen molar-refractivity contribution >= 4 is 26.7 Å². The number of aliphatic hydroxyl groups excluding tert-OH is 5. The Hall–Kier alpha value is -1.11. The van der Waals surface area contributed by atoms with Crippen molar-refractivity contribution in [2.75, 3.05) is 13.2 Å². The lowest BCUT2D eigenvalue weighted by molar-refractivity contribution is -0.340. The van der Waals surface area contributed by atoms with Crippen LogP contribution in [0.4, 0.5) is 0 Å². The minimum absolute atomic E-state index is 0.756. The largest absolute Gasteiger partial charge is 0.397 e. The zero-order chi connectivity index (χ0) is 26.0. The molecule has 2 saturated heterocycles. The van der Waals surface area contributed by atoms with Crippen molar-refractivity contribution in [1.29, 1.82) is 0 Å². The Balaban J connectivity index is 2.26. The van der Waals surface area contributed by atoms with Crippen molar-refractivity contribution in [2.24, 2.45) is 0 Å². The number of hydrogen-bond donors (Lipinski definition) is 8. The summed E-state index contributed by atoms with van der Waals surface area (Å²) in [5.74, 6) is -0.756. The fraction of sp³-hybridized carbons (Fsp3) is 0.929. The quantitative estimate of drug-likeness (QED) is 0.126. The first-order chi connectivity index (χ1) is 15.5. The van der Waals surface area contributed by atoms with Gasteiger partial charge in [0.1, 0.15) is 48.8 Å². The molecule has 20 heteroatoms. The molecule has 0 aromatic carbocycles. The van der Waals surface area contributed by atoms with Crippen molar-refractivity contribution in [3.8, 4) is 0 Å². The molecule has 2 heterocycles. The Labute approximate surface area is 192 Å². The maximum atomic E-state index is 11.5. The predicted molar refractivity (Wildman–Crippen MR) is 101 cm³/mol. The van der Waals surface area contributed by atoms with Gasteiger partial charge in [0.05, 0.1) is 13.2 Å². The van der Waals surface area contributed by atoms with Gasteiger partial charge < -0.3 is 45.1 Å². The number of nitrogens with one attached hydrogen (secondary N) is 1. The summed E-state index contributed by atoms with van der Waals surface area (Å²) in [6, 6.07) is -1.58. The number of amides is 1. The van der Waals surface area contributed by atoms with Gasteiger partial charge in [-0.1, -0.05) is 0 Å². The highest BCUT2D eigenvalue weighted by molar-refractivity contribution is 7.81. The van der Waals surface area contributed by atoms with Crippen LogP contribution in [0.3, 0.4) is 0 Å². The van der Waals surface area contributed by atoms with Crippen LogP contribution in [0.5, 0.6) is 0 Å². The lowest BCUT2D eigenvalue weighted by Crippen LogP contribution is -2.67. The lowest BCUT2D eigenvalue weighted by atomic mass is 9.95. The van der Waals surface area contributed by atoms with E-state index in [0.717, 1.165) is 6.92 Å². The molecule has 0 radical (unpaired) electrons. The molecule has 2 aliphatic heterocycles. The summed E-state index contributed by atoms with van der Waals surface area (Å²) in [4.78, 5) is 11.5. The van der Waals surface area contributed by atoms with E-state index in [1.807, 2.05) is 0 Å². The van der Waals surface area contributed by atoms with Gasteiger partial charge in [-0.2, -0.15) is 16.8 Å². The number of rotatable bonds is 9.